The van der Waals surface area contributed by atoms with E-state index in [0.29, 0.717) is 11.4 Å². The van der Waals surface area contributed by atoms with Gasteiger partial charge in [-0.05, 0) is 20.2 Å². The number of oxazole rings is 6. The van der Waals surface area contributed by atoms with Crippen molar-refractivity contribution in [1.29, 1.82) is 0 Å². The normalized spacial score (nSPS) is 15.5. The number of ether oxygens (including phenoxy) is 1. The molecule has 44 heavy (non-hydrogen) atoms. The van der Waals surface area contributed by atoms with Crippen molar-refractivity contribution in [3.63, 3.8) is 0 Å². The first-order valence-corrected chi connectivity index (χ1v) is 12.9. The Bertz CT molecular complexity index is 1990. The Morgan fingerprint density at radius 3 is 2.07 bits per heavy atom. The van der Waals surface area contributed by atoms with Gasteiger partial charge in [0, 0.05) is 6.08 Å². The second-order valence-corrected chi connectivity index (χ2v) is 9.59. The number of hydrogen-bond donors (Lipinski definition) is 1. The summed E-state index contributed by atoms with van der Waals surface area (Å²) in [5, 5.41) is 2.69. The van der Waals surface area contributed by atoms with E-state index in [4.69, 9.17) is 31.2 Å². The van der Waals surface area contributed by atoms with Crippen LogP contribution in [0.5, 0.6) is 0 Å². The van der Waals surface area contributed by atoms with Gasteiger partial charge in [-0.2, -0.15) is 0 Å². The lowest BCUT2D eigenvalue weighted by molar-refractivity contribution is -0.148. The largest absolute Gasteiger partial charge is 0.447 e. The van der Waals surface area contributed by atoms with Crippen molar-refractivity contribution in [3.8, 4) is 46.3 Å². The average Bonchev–Trinajstić information content (AvgIpc) is 3.83. The fourth-order valence-electron chi connectivity index (χ4n) is 4.00. The highest BCUT2D eigenvalue weighted by Crippen LogP contribution is 2.28. The topological polar surface area (TPSA) is 215 Å². The van der Waals surface area contributed by atoms with Gasteiger partial charge in [-0.15, -0.1) is 0 Å². The molecule has 0 saturated carbocycles. The van der Waals surface area contributed by atoms with Crippen molar-refractivity contribution >= 4 is 18.0 Å². The predicted molar refractivity (Wildman–Crippen MR) is 143 cm³/mol. The highest BCUT2D eigenvalue weighted by Gasteiger charge is 2.24. The number of hydrogen-bond acceptors (Lipinski definition) is 16. The molecule has 1 N–H and O–H groups in total. The highest BCUT2D eigenvalue weighted by atomic mass is 16.6. The number of aromatic nitrogens is 6. The van der Waals surface area contributed by atoms with E-state index in [1.807, 2.05) is 0 Å². The summed E-state index contributed by atoms with van der Waals surface area (Å²) in [6.45, 7) is 0.0566. The van der Waals surface area contributed by atoms with Crippen molar-refractivity contribution in [2.45, 2.75) is 12.6 Å². The number of nitrogens with zero attached hydrogens (tertiary/aromatic N) is 7. The Balaban J connectivity index is 1.25. The van der Waals surface area contributed by atoms with Crippen LogP contribution in [0, 0.1) is 0 Å². The second-order valence-electron chi connectivity index (χ2n) is 9.59. The average molecular weight is 601 g/mol. The molecule has 1 aliphatic heterocycles. The number of carbonyl (C=O) groups is 2. The Kier molecular flexibility index (Phi) is 6.66. The van der Waals surface area contributed by atoms with Crippen LogP contribution in [0.4, 0.5) is 0 Å². The van der Waals surface area contributed by atoms with Gasteiger partial charge in [0.1, 0.15) is 37.6 Å². The number of fused-ring (bicyclic) bond motifs is 16. The summed E-state index contributed by atoms with van der Waals surface area (Å²) >= 11 is 0. The monoisotopic (exact) mass is 600 g/mol. The molecule has 7 rings (SSSR count). The maximum absolute atomic E-state index is 12.7. The van der Waals surface area contributed by atoms with Crippen molar-refractivity contribution in [2.75, 3.05) is 20.6 Å². The van der Waals surface area contributed by atoms with Gasteiger partial charge in [-0.25, -0.2) is 29.9 Å². The minimum atomic E-state index is -1.06. The van der Waals surface area contributed by atoms with Gasteiger partial charge in [0.15, 0.2) is 34.6 Å². The lowest BCUT2D eigenvalue weighted by atomic mass is 10.3. The molecule has 0 fully saturated rings. The van der Waals surface area contributed by atoms with E-state index < -0.39 is 18.0 Å². The minimum Gasteiger partial charge on any atom is -0.447 e. The molecule has 0 spiro atoms. The molecule has 6 aromatic heterocycles. The fraction of sp³-hybridized carbons (Fsp3) is 0.185. The third kappa shape index (κ3) is 5.41. The molecule has 0 aliphatic carbocycles. The zero-order valence-electron chi connectivity index (χ0n) is 22.9. The summed E-state index contributed by atoms with van der Waals surface area (Å²) in [6.07, 6.45) is 9.77. The standard InChI is InChI=1S/C27H20N8O9/c1-35(2)6-21(36)44-19-3-4-20-30-15(9-38-20)24-32-16(10-41-24)23-29-13(7-39-23)5-28-22(37)14-8-40-25(31-14)17-11-42-26(33-17)18-12-43-27(19)34-18/h3-4,7-12,19H,5-6H2,1-2H3,(H,28,37)/b4-3+. The van der Waals surface area contributed by atoms with E-state index in [1.54, 1.807) is 19.0 Å². The summed E-state index contributed by atoms with van der Waals surface area (Å²) in [6, 6.07) is 0. The van der Waals surface area contributed by atoms with E-state index in [1.165, 1.54) is 49.7 Å². The van der Waals surface area contributed by atoms with Crippen molar-refractivity contribution in [1.82, 2.24) is 40.1 Å². The Hall–Kier alpha value is -6.10. The molecular weight excluding hydrogens is 580 g/mol. The molecule has 0 saturated heterocycles. The fourth-order valence-corrected chi connectivity index (χ4v) is 4.00. The van der Waals surface area contributed by atoms with Gasteiger partial charge >= 0.3 is 5.97 Å². The lowest BCUT2D eigenvalue weighted by Crippen LogP contribution is -2.24. The molecule has 1 amide bonds. The second kappa shape index (κ2) is 11.0. The van der Waals surface area contributed by atoms with Crippen LogP contribution in [0.1, 0.15) is 34.1 Å². The SMILES string of the molecule is CN(C)CC(=O)OC1/C=C/c2nc(co2)-c2nc(co2)-c2nc(co2)CNC(=O)c2coc(n2)-c2coc(n2)-c2coc1n2. The lowest BCUT2D eigenvalue weighted by Gasteiger charge is -2.13. The number of nitrogens with one attached hydrogen (secondary N) is 1. The van der Waals surface area contributed by atoms with Crippen LogP contribution in [0.3, 0.4) is 0 Å². The third-order valence-corrected chi connectivity index (χ3v) is 6.01. The summed E-state index contributed by atoms with van der Waals surface area (Å²) in [7, 11) is 3.46. The molecule has 1 atom stereocenters. The van der Waals surface area contributed by atoms with E-state index in [9.17, 15) is 9.59 Å². The molecule has 17 heteroatoms. The number of esters is 1. The molecule has 1 aliphatic rings. The summed E-state index contributed by atoms with van der Waals surface area (Å²) < 4.78 is 38.8. The molecule has 7 heterocycles. The number of rotatable bonds is 3. The quantitative estimate of drug-likeness (QED) is 0.288. The van der Waals surface area contributed by atoms with E-state index in [0.717, 1.165) is 0 Å². The minimum absolute atomic E-state index is 0.00809. The van der Waals surface area contributed by atoms with Gasteiger partial charge < -0.3 is 36.6 Å². The van der Waals surface area contributed by atoms with Crippen LogP contribution < -0.4 is 5.32 Å². The molecule has 0 aromatic carbocycles. The molecule has 0 radical (unpaired) electrons. The summed E-state index contributed by atoms with van der Waals surface area (Å²) in [5.74, 6) is -0.441. The van der Waals surface area contributed by atoms with Gasteiger partial charge in [0.25, 0.3) is 5.91 Å². The maximum Gasteiger partial charge on any atom is 0.321 e. The zero-order chi connectivity index (χ0) is 30.2. The van der Waals surface area contributed by atoms with Crippen molar-refractivity contribution in [3.05, 3.63) is 66.8 Å². The van der Waals surface area contributed by atoms with Gasteiger partial charge in [-0.1, -0.05) is 0 Å². The Labute approximate surface area is 245 Å². The number of likely N-dealkylation sites (N-methyl/N-ethyl adjacent to an activating group) is 1. The molecule has 222 valence electrons. The molecule has 6 aromatic rings. The predicted octanol–water partition coefficient (Wildman–Crippen LogP) is 3.39. The Morgan fingerprint density at radius 2 is 1.34 bits per heavy atom. The molecule has 1 unspecified atom stereocenters. The highest BCUT2D eigenvalue weighted by molar-refractivity contribution is 5.92. The van der Waals surface area contributed by atoms with E-state index >= 15 is 0 Å². The van der Waals surface area contributed by atoms with Crippen LogP contribution >= 0.6 is 0 Å². The first-order valence-electron chi connectivity index (χ1n) is 12.9. The molecule has 12 bridgehead atoms. The first-order chi connectivity index (χ1) is 21.4. The molecular formula is C27H20N8O9. The van der Waals surface area contributed by atoms with Gasteiger partial charge in [0.05, 0.1) is 18.8 Å². The molecule has 17 nitrogen and oxygen atoms in total. The van der Waals surface area contributed by atoms with Crippen LogP contribution in [-0.4, -0.2) is 67.3 Å². The summed E-state index contributed by atoms with van der Waals surface area (Å²) in [4.78, 5) is 52.9. The smallest absolute Gasteiger partial charge is 0.321 e. The summed E-state index contributed by atoms with van der Waals surface area (Å²) in [5.41, 5.74) is 1.44. The van der Waals surface area contributed by atoms with Crippen LogP contribution in [0.2, 0.25) is 0 Å². The van der Waals surface area contributed by atoms with Crippen molar-refractivity contribution in [2.24, 2.45) is 0 Å². The number of carbonyl (C=O) groups excluding carboxylic acids is 2. The zero-order valence-corrected chi connectivity index (χ0v) is 22.9. The van der Waals surface area contributed by atoms with Crippen LogP contribution in [0.25, 0.3) is 52.4 Å². The van der Waals surface area contributed by atoms with Crippen molar-refractivity contribution < 1.29 is 40.8 Å². The van der Waals surface area contributed by atoms with Crippen LogP contribution in [-0.2, 0) is 16.1 Å². The Morgan fingerprint density at radius 1 is 0.773 bits per heavy atom. The van der Waals surface area contributed by atoms with Gasteiger partial charge in [-0.3, -0.25) is 14.5 Å². The van der Waals surface area contributed by atoms with E-state index in [-0.39, 0.29) is 71.2 Å². The number of amides is 1. The van der Waals surface area contributed by atoms with E-state index in [2.05, 4.69) is 35.2 Å². The third-order valence-electron chi connectivity index (χ3n) is 6.01. The van der Waals surface area contributed by atoms with Gasteiger partial charge in [0.2, 0.25) is 35.3 Å². The maximum atomic E-state index is 12.7. The van der Waals surface area contributed by atoms with Crippen LogP contribution in [0.15, 0.2) is 70.2 Å². The first kappa shape index (κ1) is 26.8.